The van der Waals surface area contributed by atoms with Crippen LogP contribution in [0.3, 0.4) is 0 Å². The fraction of sp³-hybridized carbons (Fsp3) is 0.579. The van der Waals surface area contributed by atoms with Gasteiger partial charge in [0.2, 0.25) is 15.9 Å². The minimum absolute atomic E-state index is 0.0329. The highest BCUT2D eigenvalue weighted by Gasteiger charge is 2.24. The third kappa shape index (κ3) is 5.76. The van der Waals surface area contributed by atoms with Crippen LogP contribution < -0.4 is 10.6 Å². The minimum atomic E-state index is -3.62. The van der Waals surface area contributed by atoms with Crippen molar-refractivity contribution in [3.05, 3.63) is 29.8 Å². The number of carbonyl (C=O) groups is 2. The molecule has 9 heteroatoms. The van der Waals surface area contributed by atoms with Crippen LogP contribution in [0.4, 0.5) is 0 Å². The lowest BCUT2D eigenvalue weighted by molar-refractivity contribution is -0.120. The van der Waals surface area contributed by atoms with Gasteiger partial charge in [0.1, 0.15) is 0 Å². The number of sulfonamides is 1. The molecule has 1 heterocycles. The monoisotopic (exact) mass is 410 g/mol. The molecule has 0 saturated carbocycles. The van der Waals surface area contributed by atoms with Gasteiger partial charge in [0, 0.05) is 38.8 Å². The van der Waals surface area contributed by atoms with Crippen molar-refractivity contribution in [2.24, 2.45) is 5.92 Å². The second-order valence-electron chi connectivity index (χ2n) is 7.55. The maximum atomic E-state index is 12.3. The number of hydrogen-bond acceptors (Lipinski definition) is 5. The molecule has 0 aliphatic carbocycles. The van der Waals surface area contributed by atoms with Gasteiger partial charge in [-0.25, -0.2) is 12.7 Å². The second-order valence-corrected chi connectivity index (χ2v) is 9.70. The van der Waals surface area contributed by atoms with E-state index in [1.54, 1.807) is 0 Å². The van der Waals surface area contributed by atoms with Crippen LogP contribution in [0.25, 0.3) is 0 Å². The summed E-state index contributed by atoms with van der Waals surface area (Å²) in [6.45, 7) is 6.78. The van der Waals surface area contributed by atoms with E-state index >= 15 is 0 Å². The molecule has 2 rings (SSSR count). The number of likely N-dealkylation sites (tertiary alicyclic amines) is 1. The Labute approximate surface area is 167 Å². The highest BCUT2D eigenvalue weighted by molar-refractivity contribution is 7.89. The van der Waals surface area contributed by atoms with E-state index in [9.17, 15) is 18.0 Å². The number of nitrogens with zero attached hydrogens (tertiary/aromatic N) is 2. The quantitative estimate of drug-likeness (QED) is 0.651. The highest BCUT2D eigenvalue weighted by atomic mass is 32.2. The van der Waals surface area contributed by atoms with Gasteiger partial charge in [-0.3, -0.25) is 9.59 Å². The van der Waals surface area contributed by atoms with Gasteiger partial charge in [0.15, 0.2) is 0 Å². The van der Waals surface area contributed by atoms with Crippen molar-refractivity contribution >= 4 is 21.8 Å². The lowest BCUT2D eigenvalue weighted by Crippen LogP contribution is -2.39. The first-order valence-corrected chi connectivity index (χ1v) is 10.9. The first-order valence-electron chi connectivity index (χ1n) is 9.42. The summed E-state index contributed by atoms with van der Waals surface area (Å²) in [5.74, 6) is -0.318. The molecule has 8 nitrogen and oxygen atoms in total. The van der Waals surface area contributed by atoms with Crippen molar-refractivity contribution in [1.82, 2.24) is 19.8 Å². The Kier molecular flexibility index (Phi) is 7.56. The van der Waals surface area contributed by atoms with E-state index in [0.717, 1.165) is 23.8 Å². The summed E-state index contributed by atoms with van der Waals surface area (Å²) in [7, 11) is -0.768. The molecule has 1 aliphatic heterocycles. The van der Waals surface area contributed by atoms with E-state index in [4.69, 9.17) is 0 Å². The Morgan fingerprint density at radius 1 is 1.25 bits per heavy atom. The fourth-order valence-electron chi connectivity index (χ4n) is 3.09. The maximum Gasteiger partial charge on any atom is 0.251 e. The summed E-state index contributed by atoms with van der Waals surface area (Å²) in [6.07, 6.45) is 1.05. The number of amides is 2. The minimum Gasteiger partial charge on any atom is -0.354 e. The van der Waals surface area contributed by atoms with Crippen molar-refractivity contribution in [2.45, 2.75) is 31.2 Å². The highest BCUT2D eigenvalue weighted by Crippen LogP contribution is 2.17. The lowest BCUT2D eigenvalue weighted by Gasteiger charge is -2.20. The average Bonchev–Trinajstić information content (AvgIpc) is 3.13. The molecule has 2 N–H and O–H groups in total. The van der Waals surface area contributed by atoms with Crippen LogP contribution in [0.15, 0.2) is 29.2 Å². The van der Waals surface area contributed by atoms with Crippen molar-refractivity contribution in [2.75, 3.05) is 40.3 Å². The van der Waals surface area contributed by atoms with Crippen LogP contribution in [-0.4, -0.2) is 75.8 Å². The summed E-state index contributed by atoms with van der Waals surface area (Å²) < 4.78 is 25.4. The molecule has 2 amide bonds. The molecule has 156 valence electrons. The smallest absolute Gasteiger partial charge is 0.251 e. The number of nitrogens with one attached hydrogen (secondary N) is 2. The van der Waals surface area contributed by atoms with E-state index in [-0.39, 0.29) is 22.9 Å². The van der Waals surface area contributed by atoms with E-state index in [2.05, 4.69) is 29.4 Å². The Morgan fingerprint density at radius 3 is 2.57 bits per heavy atom. The molecule has 1 aromatic carbocycles. The summed E-state index contributed by atoms with van der Waals surface area (Å²) in [5.41, 5.74) is 0.194. The zero-order chi connectivity index (χ0) is 20.9. The maximum absolute atomic E-state index is 12.3. The van der Waals surface area contributed by atoms with Crippen LogP contribution in [0.5, 0.6) is 0 Å². The van der Waals surface area contributed by atoms with E-state index in [1.165, 1.54) is 38.4 Å². The van der Waals surface area contributed by atoms with Crippen LogP contribution in [0.2, 0.25) is 0 Å². The number of hydrogen-bond donors (Lipinski definition) is 2. The number of carbonyl (C=O) groups excluding carboxylic acids is 2. The second kappa shape index (κ2) is 9.49. The van der Waals surface area contributed by atoms with E-state index < -0.39 is 15.9 Å². The van der Waals surface area contributed by atoms with Crippen LogP contribution in [0.1, 0.15) is 30.6 Å². The predicted molar refractivity (Wildman–Crippen MR) is 107 cm³/mol. The third-order valence-electron chi connectivity index (χ3n) is 4.92. The Bertz CT molecular complexity index is 808. The van der Waals surface area contributed by atoms with E-state index in [1.807, 2.05) is 0 Å². The zero-order valence-corrected chi connectivity index (χ0v) is 17.8. The normalized spacial score (nSPS) is 17.9. The first kappa shape index (κ1) is 22.3. The topological polar surface area (TPSA) is 98.8 Å². The van der Waals surface area contributed by atoms with Crippen molar-refractivity contribution in [3.8, 4) is 0 Å². The number of rotatable bonds is 8. The van der Waals surface area contributed by atoms with Crippen molar-refractivity contribution in [1.29, 1.82) is 0 Å². The number of benzene rings is 1. The molecule has 0 aromatic heterocycles. The van der Waals surface area contributed by atoms with Gasteiger partial charge in [-0.05, 0) is 50.9 Å². The molecule has 1 atom stereocenters. The lowest BCUT2D eigenvalue weighted by atomic mass is 10.1. The molecule has 1 aromatic rings. The summed E-state index contributed by atoms with van der Waals surface area (Å²) in [5, 5.41) is 5.40. The Morgan fingerprint density at radius 2 is 1.96 bits per heavy atom. The molecule has 1 fully saturated rings. The summed E-state index contributed by atoms with van der Waals surface area (Å²) >= 11 is 0. The zero-order valence-electron chi connectivity index (χ0n) is 16.9. The van der Waals surface area contributed by atoms with Gasteiger partial charge in [-0.2, -0.15) is 0 Å². The molecule has 0 radical (unpaired) electrons. The standard InChI is InChI=1S/C19H30N4O4S/c1-14(2)23-9-8-15(13-23)11-20-18(24)12-21-19(25)16-6-5-7-17(10-16)28(26,27)22(3)4/h5-7,10,14-15H,8-9,11-13H2,1-4H3,(H,20,24)(H,21,25). The third-order valence-corrected chi connectivity index (χ3v) is 6.73. The molecular weight excluding hydrogens is 380 g/mol. The molecule has 0 bridgehead atoms. The van der Waals surface area contributed by atoms with Crippen molar-refractivity contribution in [3.63, 3.8) is 0 Å². The Hall–Kier alpha value is -1.97. The van der Waals surface area contributed by atoms with E-state index in [0.29, 0.717) is 18.5 Å². The van der Waals surface area contributed by atoms with Gasteiger partial charge < -0.3 is 15.5 Å². The van der Waals surface area contributed by atoms with Crippen LogP contribution >= 0.6 is 0 Å². The van der Waals surface area contributed by atoms with Crippen LogP contribution in [0, 0.1) is 5.92 Å². The Balaban J connectivity index is 1.83. The molecular formula is C19H30N4O4S. The van der Waals surface area contributed by atoms with Gasteiger partial charge in [-0.15, -0.1) is 0 Å². The predicted octanol–water partition coefficient (Wildman–Crippen LogP) is 0.513. The SMILES string of the molecule is CC(C)N1CCC(CNC(=O)CNC(=O)c2cccc(S(=O)(=O)N(C)C)c2)C1. The summed E-state index contributed by atoms with van der Waals surface area (Å²) in [6, 6.07) is 6.27. The van der Waals surface area contributed by atoms with Crippen LogP contribution in [-0.2, 0) is 14.8 Å². The first-order chi connectivity index (χ1) is 13.1. The molecule has 0 spiro atoms. The summed E-state index contributed by atoms with van der Waals surface area (Å²) in [4.78, 5) is 26.7. The molecule has 1 aliphatic rings. The molecule has 1 unspecified atom stereocenters. The van der Waals surface area contributed by atoms with Gasteiger partial charge in [-0.1, -0.05) is 6.07 Å². The van der Waals surface area contributed by atoms with Gasteiger partial charge in [0.25, 0.3) is 5.91 Å². The molecule has 1 saturated heterocycles. The average molecular weight is 411 g/mol. The largest absolute Gasteiger partial charge is 0.354 e. The van der Waals surface area contributed by atoms with Gasteiger partial charge >= 0.3 is 0 Å². The van der Waals surface area contributed by atoms with Gasteiger partial charge in [0.05, 0.1) is 11.4 Å². The van der Waals surface area contributed by atoms with Crippen molar-refractivity contribution < 1.29 is 18.0 Å². The fourth-order valence-corrected chi connectivity index (χ4v) is 4.04. The molecule has 28 heavy (non-hydrogen) atoms.